The molecule has 1 amide bonds. The van der Waals surface area contributed by atoms with Crippen LogP contribution >= 0.6 is 0 Å². The first-order valence-corrected chi connectivity index (χ1v) is 10.1. The Balaban J connectivity index is 1.90. The molecule has 140 valence electrons. The van der Waals surface area contributed by atoms with Crippen molar-refractivity contribution in [2.24, 2.45) is 0 Å². The highest BCUT2D eigenvalue weighted by Crippen LogP contribution is 2.12. The van der Waals surface area contributed by atoms with Crippen LogP contribution in [0.1, 0.15) is 16.7 Å². The second kappa shape index (κ2) is 8.91. The molecule has 0 unspecified atom stereocenters. The van der Waals surface area contributed by atoms with Crippen molar-refractivity contribution in [3.63, 3.8) is 0 Å². The lowest BCUT2D eigenvalue weighted by Gasteiger charge is -2.21. The number of sulfonamides is 1. The van der Waals surface area contributed by atoms with E-state index in [1.54, 1.807) is 12.1 Å². The van der Waals surface area contributed by atoms with Crippen molar-refractivity contribution >= 4 is 15.9 Å². The third-order valence-electron chi connectivity index (χ3n) is 4.04. The summed E-state index contributed by atoms with van der Waals surface area (Å²) in [6.07, 6.45) is 1.28. The van der Waals surface area contributed by atoms with E-state index in [2.05, 4.69) is 5.32 Å². The average molecular weight is 378 g/mol. The molecule has 0 saturated heterocycles. The molecule has 0 aromatic heterocycles. The number of hydrogen-bond acceptors (Lipinski definition) is 3. The Bertz CT molecular complexity index is 851. The van der Waals surface area contributed by atoms with Gasteiger partial charge >= 0.3 is 0 Å². The first-order chi connectivity index (χ1) is 12.3. The Hall–Kier alpha value is -2.25. The van der Waals surface area contributed by atoms with Crippen LogP contribution in [0.4, 0.5) is 4.39 Å². The van der Waals surface area contributed by atoms with Gasteiger partial charge in [0.05, 0.1) is 12.7 Å². The Labute approximate surface area is 153 Å². The molecule has 0 heterocycles. The van der Waals surface area contributed by atoms with Gasteiger partial charge in [-0.05, 0) is 35.7 Å². The van der Waals surface area contributed by atoms with Gasteiger partial charge in [0, 0.05) is 19.6 Å². The van der Waals surface area contributed by atoms with Crippen LogP contribution < -0.4 is 5.32 Å². The van der Waals surface area contributed by atoms with Crippen molar-refractivity contribution in [1.29, 1.82) is 0 Å². The van der Waals surface area contributed by atoms with Crippen LogP contribution in [0, 0.1) is 12.7 Å². The van der Waals surface area contributed by atoms with Gasteiger partial charge in [-0.2, -0.15) is 4.31 Å². The molecule has 2 aromatic carbocycles. The third-order valence-corrected chi connectivity index (χ3v) is 5.29. The van der Waals surface area contributed by atoms with Crippen LogP contribution in [-0.2, 0) is 27.8 Å². The minimum Gasteiger partial charge on any atom is -0.354 e. The molecule has 0 radical (unpaired) electrons. The quantitative estimate of drug-likeness (QED) is 0.766. The summed E-state index contributed by atoms with van der Waals surface area (Å²) in [5.74, 6) is -0.588. The standard InChI is InChI=1S/C19H23FN2O3S/c1-15-5-3-4-6-17(15)14-22(26(2,24)25)12-11-21-19(23)13-16-7-9-18(20)10-8-16/h3-10H,11-14H2,1-2H3,(H,21,23). The van der Waals surface area contributed by atoms with Crippen LogP contribution in [-0.4, -0.2) is 38.0 Å². The molecule has 0 saturated carbocycles. The predicted molar refractivity (Wildman–Crippen MR) is 99.5 cm³/mol. The number of aryl methyl sites for hydroxylation is 1. The summed E-state index contributed by atoms with van der Waals surface area (Å²) in [5, 5.41) is 2.71. The van der Waals surface area contributed by atoms with Crippen LogP contribution in [0.3, 0.4) is 0 Å². The fourth-order valence-electron chi connectivity index (χ4n) is 2.51. The first kappa shape index (κ1) is 20.1. The Morgan fingerprint density at radius 3 is 2.38 bits per heavy atom. The van der Waals surface area contributed by atoms with Crippen LogP contribution in [0.5, 0.6) is 0 Å². The minimum absolute atomic E-state index is 0.122. The van der Waals surface area contributed by atoms with E-state index in [0.717, 1.165) is 17.4 Å². The van der Waals surface area contributed by atoms with Crippen LogP contribution in [0.25, 0.3) is 0 Å². The Morgan fingerprint density at radius 2 is 1.77 bits per heavy atom. The normalized spacial score (nSPS) is 11.5. The van der Waals surface area contributed by atoms with Crippen molar-refractivity contribution in [2.75, 3.05) is 19.3 Å². The summed E-state index contributed by atoms with van der Waals surface area (Å²) >= 11 is 0. The summed E-state index contributed by atoms with van der Waals surface area (Å²) in [5.41, 5.74) is 2.64. The van der Waals surface area contributed by atoms with E-state index < -0.39 is 10.0 Å². The summed E-state index contributed by atoms with van der Waals surface area (Å²) in [4.78, 5) is 12.0. The highest BCUT2D eigenvalue weighted by molar-refractivity contribution is 7.88. The maximum absolute atomic E-state index is 12.9. The molecule has 1 N–H and O–H groups in total. The molecule has 26 heavy (non-hydrogen) atoms. The third kappa shape index (κ3) is 6.24. The van der Waals surface area contributed by atoms with E-state index in [9.17, 15) is 17.6 Å². The maximum Gasteiger partial charge on any atom is 0.224 e. The lowest BCUT2D eigenvalue weighted by molar-refractivity contribution is -0.120. The smallest absolute Gasteiger partial charge is 0.224 e. The zero-order chi connectivity index (χ0) is 19.2. The molecule has 0 aliphatic heterocycles. The van der Waals surface area contributed by atoms with Crippen molar-refractivity contribution < 1.29 is 17.6 Å². The van der Waals surface area contributed by atoms with E-state index >= 15 is 0 Å². The lowest BCUT2D eigenvalue weighted by atomic mass is 10.1. The second-order valence-corrected chi connectivity index (χ2v) is 8.16. The highest BCUT2D eigenvalue weighted by Gasteiger charge is 2.17. The number of carbonyl (C=O) groups excluding carboxylic acids is 1. The van der Waals surface area contributed by atoms with Crippen molar-refractivity contribution in [3.05, 3.63) is 71.0 Å². The van der Waals surface area contributed by atoms with Gasteiger partial charge in [0.15, 0.2) is 0 Å². The fraction of sp³-hybridized carbons (Fsp3) is 0.316. The summed E-state index contributed by atoms with van der Waals surface area (Å²) in [6.45, 7) is 2.58. The number of nitrogens with one attached hydrogen (secondary N) is 1. The van der Waals surface area contributed by atoms with Gasteiger partial charge in [-0.15, -0.1) is 0 Å². The minimum atomic E-state index is -3.40. The largest absolute Gasteiger partial charge is 0.354 e. The van der Waals surface area contributed by atoms with Crippen LogP contribution in [0.2, 0.25) is 0 Å². The number of hydrogen-bond donors (Lipinski definition) is 1. The summed E-state index contributed by atoms with van der Waals surface area (Å²) < 4.78 is 38.3. The van der Waals surface area contributed by atoms with Gasteiger partial charge in [0.25, 0.3) is 0 Å². The number of carbonyl (C=O) groups is 1. The maximum atomic E-state index is 12.9. The lowest BCUT2D eigenvalue weighted by Crippen LogP contribution is -2.38. The van der Waals surface area contributed by atoms with E-state index in [0.29, 0.717) is 5.56 Å². The van der Waals surface area contributed by atoms with Gasteiger partial charge in [-0.1, -0.05) is 36.4 Å². The zero-order valence-corrected chi connectivity index (χ0v) is 15.7. The van der Waals surface area contributed by atoms with Crippen LogP contribution in [0.15, 0.2) is 48.5 Å². The molecular weight excluding hydrogens is 355 g/mol. The van der Waals surface area contributed by atoms with E-state index in [4.69, 9.17) is 0 Å². The molecule has 0 fully saturated rings. The molecule has 0 spiro atoms. The second-order valence-electron chi connectivity index (χ2n) is 6.18. The molecule has 5 nitrogen and oxygen atoms in total. The van der Waals surface area contributed by atoms with Crippen molar-refractivity contribution in [2.45, 2.75) is 19.9 Å². The number of rotatable bonds is 8. The number of amides is 1. The average Bonchev–Trinajstić information content (AvgIpc) is 2.57. The molecule has 0 aliphatic carbocycles. The molecule has 0 atom stereocenters. The Kier molecular flexibility index (Phi) is 6.88. The molecule has 7 heteroatoms. The molecular formula is C19H23FN2O3S. The zero-order valence-electron chi connectivity index (χ0n) is 14.9. The monoisotopic (exact) mass is 378 g/mol. The molecule has 2 aromatic rings. The highest BCUT2D eigenvalue weighted by atomic mass is 32.2. The molecule has 0 aliphatic rings. The number of halogens is 1. The molecule has 0 bridgehead atoms. The molecule has 2 rings (SSSR count). The fourth-order valence-corrected chi connectivity index (χ4v) is 3.31. The predicted octanol–water partition coefficient (Wildman–Crippen LogP) is 2.25. The van der Waals surface area contributed by atoms with E-state index in [-0.39, 0.29) is 37.8 Å². The van der Waals surface area contributed by atoms with Gasteiger partial charge in [0.2, 0.25) is 15.9 Å². The number of nitrogens with zero attached hydrogens (tertiary/aromatic N) is 1. The number of benzene rings is 2. The topological polar surface area (TPSA) is 66.5 Å². The van der Waals surface area contributed by atoms with Gasteiger partial charge < -0.3 is 5.32 Å². The first-order valence-electron chi connectivity index (χ1n) is 8.26. The SMILES string of the molecule is Cc1ccccc1CN(CCNC(=O)Cc1ccc(F)cc1)S(C)(=O)=O. The van der Waals surface area contributed by atoms with Gasteiger partial charge in [0.1, 0.15) is 5.82 Å². The van der Waals surface area contributed by atoms with Crippen molar-refractivity contribution in [1.82, 2.24) is 9.62 Å². The summed E-state index contributed by atoms with van der Waals surface area (Å²) in [6, 6.07) is 13.3. The van der Waals surface area contributed by atoms with E-state index in [1.807, 2.05) is 31.2 Å². The summed E-state index contributed by atoms with van der Waals surface area (Å²) in [7, 11) is -3.40. The van der Waals surface area contributed by atoms with Gasteiger partial charge in [-0.25, -0.2) is 12.8 Å². The van der Waals surface area contributed by atoms with Gasteiger partial charge in [-0.3, -0.25) is 4.79 Å². The van der Waals surface area contributed by atoms with E-state index in [1.165, 1.54) is 16.4 Å². The Morgan fingerprint density at radius 1 is 1.12 bits per heavy atom. The van der Waals surface area contributed by atoms with Crippen molar-refractivity contribution in [3.8, 4) is 0 Å².